The average Bonchev–Trinajstić information content (AvgIpc) is 2.95. The number of pyridine rings is 1. The minimum Gasteiger partial charge on any atom is -0.477 e. The maximum atomic E-state index is 13.3. The zero-order valence-electron chi connectivity index (χ0n) is 19.1. The fourth-order valence-corrected chi connectivity index (χ4v) is 5.20. The first kappa shape index (κ1) is 23.2. The van der Waals surface area contributed by atoms with Crippen LogP contribution in [-0.2, 0) is 4.74 Å². The third-order valence-corrected chi connectivity index (χ3v) is 6.81. The molecule has 2 aliphatic heterocycles. The number of alkyl halides is 2. The highest BCUT2D eigenvalue weighted by Gasteiger charge is 2.52. The molecule has 4 rings (SSSR count). The van der Waals surface area contributed by atoms with Gasteiger partial charge in [0.15, 0.2) is 5.43 Å². The number of halogens is 2. The Morgan fingerprint density at radius 1 is 1.27 bits per heavy atom. The molecule has 0 bridgehead atoms. The van der Waals surface area contributed by atoms with Crippen molar-refractivity contribution in [3.63, 3.8) is 0 Å². The van der Waals surface area contributed by atoms with E-state index in [1.54, 1.807) is 4.68 Å². The van der Waals surface area contributed by atoms with Crippen molar-refractivity contribution in [3.05, 3.63) is 57.4 Å². The molecule has 2 aromatic rings. The van der Waals surface area contributed by atoms with E-state index in [4.69, 9.17) is 4.74 Å². The second kappa shape index (κ2) is 7.82. The predicted molar refractivity (Wildman–Crippen MR) is 124 cm³/mol. The zero-order chi connectivity index (χ0) is 24.3. The van der Waals surface area contributed by atoms with Crippen LogP contribution in [0.5, 0.6) is 0 Å². The van der Waals surface area contributed by atoms with Crippen molar-refractivity contribution in [1.82, 2.24) is 4.68 Å². The van der Waals surface area contributed by atoms with Crippen LogP contribution in [0.2, 0.25) is 19.6 Å². The first-order valence-electron chi connectivity index (χ1n) is 10.7. The number of aromatic nitrogens is 1. The molecule has 1 saturated heterocycles. The highest BCUT2D eigenvalue weighted by molar-refractivity contribution is 6.83. The number of aromatic carboxylic acids is 1. The lowest BCUT2D eigenvalue weighted by Crippen LogP contribution is -2.51. The highest BCUT2D eigenvalue weighted by atomic mass is 28.3. The van der Waals surface area contributed by atoms with Crippen molar-refractivity contribution in [2.75, 3.05) is 5.01 Å². The largest absolute Gasteiger partial charge is 0.477 e. The number of hydrogen-bond acceptors (Lipinski definition) is 4. The summed E-state index contributed by atoms with van der Waals surface area (Å²) in [7, 11) is -1.64. The normalized spacial score (nSPS) is 20.5. The van der Waals surface area contributed by atoms with Gasteiger partial charge in [-0.05, 0) is 31.5 Å². The van der Waals surface area contributed by atoms with Crippen molar-refractivity contribution >= 4 is 14.0 Å². The van der Waals surface area contributed by atoms with Crippen LogP contribution in [0.15, 0.2) is 35.3 Å². The highest BCUT2D eigenvalue weighted by Crippen LogP contribution is 2.49. The van der Waals surface area contributed by atoms with Crippen LogP contribution in [0, 0.1) is 11.5 Å². The van der Waals surface area contributed by atoms with Gasteiger partial charge in [-0.25, -0.2) is 4.79 Å². The molecule has 1 aromatic carbocycles. The molecule has 0 spiro atoms. The quantitative estimate of drug-likeness (QED) is 0.535. The summed E-state index contributed by atoms with van der Waals surface area (Å²) in [6.45, 7) is 7.22. The molecule has 0 saturated carbocycles. The third-order valence-electron chi connectivity index (χ3n) is 5.94. The van der Waals surface area contributed by atoms with Crippen LogP contribution in [-0.4, -0.2) is 42.1 Å². The molecular formula is C24H26F2N2O4Si. The summed E-state index contributed by atoms with van der Waals surface area (Å²) in [6, 6.07) is 6.22. The van der Waals surface area contributed by atoms with Gasteiger partial charge in [0.2, 0.25) is 0 Å². The second-order valence-corrected chi connectivity index (χ2v) is 14.9. The Labute approximate surface area is 191 Å². The summed E-state index contributed by atoms with van der Waals surface area (Å²) >= 11 is 0. The van der Waals surface area contributed by atoms with Crippen LogP contribution in [0.1, 0.15) is 47.8 Å². The summed E-state index contributed by atoms with van der Waals surface area (Å²) in [5.74, 6) is 1.87. The Balaban J connectivity index is 1.99. The van der Waals surface area contributed by atoms with E-state index in [2.05, 4.69) is 31.1 Å². The standard InChI is InChI=1S/C24H26F2N2O4Si/c1-24(2)12-20(32-23(25)26)21-16-10-14(8-9-33(3,4)5)6-7-15(16)18-11-19(29)17(22(30)31)13-27(18)28(21)24/h6-7,10-11,13,20-21,23H,12H2,1-5H3,(H,30,31). The van der Waals surface area contributed by atoms with Crippen LogP contribution in [0.3, 0.4) is 0 Å². The zero-order valence-corrected chi connectivity index (χ0v) is 20.1. The number of carboxylic acid groups (broad SMARTS) is 1. The summed E-state index contributed by atoms with van der Waals surface area (Å²) in [4.78, 5) is 24.2. The summed E-state index contributed by atoms with van der Waals surface area (Å²) in [5, 5.41) is 11.3. The smallest absolute Gasteiger partial charge is 0.345 e. The van der Waals surface area contributed by atoms with Gasteiger partial charge in [-0.2, -0.15) is 8.78 Å². The van der Waals surface area contributed by atoms with Crippen LogP contribution in [0.25, 0.3) is 11.3 Å². The molecular weight excluding hydrogens is 446 g/mol. The molecule has 0 aliphatic carbocycles. The van der Waals surface area contributed by atoms with Gasteiger partial charge in [0.1, 0.15) is 13.6 Å². The van der Waals surface area contributed by atoms with Gasteiger partial charge in [-0.15, -0.1) is 5.54 Å². The second-order valence-electron chi connectivity index (χ2n) is 10.1. The van der Waals surface area contributed by atoms with Crippen molar-refractivity contribution < 1.29 is 23.4 Å². The Bertz CT molecular complexity index is 1250. The molecule has 2 aliphatic rings. The molecule has 1 N–H and O–H groups in total. The number of rotatable bonds is 3. The van der Waals surface area contributed by atoms with E-state index < -0.39 is 43.8 Å². The number of carbonyl (C=O) groups is 1. The lowest BCUT2D eigenvalue weighted by Gasteiger charge is -2.44. The minimum atomic E-state index is -2.95. The third kappa shape index (κ3) is 4.21. The molecule has 9 heteroatoms. The molecule has 2 unspecified atom stereocenters. The molecule has 0 radical (unpaired) electrons. The van der Waals surface area contributed by atoms with E-state index in [1.807, 2.05) is 37.1 Å². The minimum absolute atomic E-state index is 0.292. The van der Waals surface area contributed by atoms with Crippen molar-refractivity contribution in [1.29, 1.82) is 0 Å². The van der Waals surface area contributed by atoms with Gasteiger partial charge < -0.3 is 9.84 Å². The van der Waals surface area contributed by atoms with E-state index in [-0.39, 0.29) is 5.56 Å². The fourth-order valence-electron chi connectivity index (χ4n) is 4.69. The topological polar surface area (TPSA) is 71.8 Å². The van der Waals surface area contributed by atoms with Gasteiger partial charge >= 0.3 is 12.6 Å². The van der Waals surface area contributed by atoms with E-state index in [0.29, 0.717) is 17.7 Å². The molecule has 33 heavy (non-hydrogen) atoms. The van der Waals surface area contributed by atoms with Crippen LogP contribution in [0.4, 0.5) is 8.78 Å². The lowest BCUT2D eigenvalue weighted by molar-refractivity contribution is -0.165. The summed E-state index contributed by atoms with van der Waals surface area (Å²) in [6.07, 6.45) is 0.738. The first-order chi connectivity index (χ1) is 15.3. The number of nitrogens with zero attached hydrogens (tertiary/aromatic N) is 2. The van der Waals surface area contributed by atoms with E-state index >= 15 is 0 Å². The van der Waals surface area contributed by atoms with Gasteiger partial charge in [-0.1, -0.05) is 31.6 Å². The van der Waals surface area contributed by atoms with E-state index in [0.717, 1.165) is 11.1 Å². The Morgan fingerprint density at radius 2 is 1.97 bits per heavy atom. The molecule has 3 heterocycles. The summed E-state index contributed by atoms with van der Waals surface area (Å²) < 4.78 is 33.3. The lowest BCUT2D eigenvalue weighted by atomic mass is 9.91. The maximum absolute atomic E-state index is 13.3. The number of benzene rings is 1. The van der Waals surface area contributed by atoms with Crippen molar-refractivity contribution in [3.8, 4) is 22.7 Å². The molecule has 0 amide bonds. The molecule has 1 aromatic heterocycles. The van der Waals surface area contributed by atoms with Gasteiger partial charge in [0.25, 0.3) is 0 Å². The van der Waals surface area contributed by atoms with E-state index in [9.17, 15) is 23.5 Å². The van der Waals surface area contributed by atoms with Crippen LogP contribution >= 0.6 is 0 Å². The Hall–Kier alpha value is -2.96. The van der Waals surface area contributed by atoms with Crippen LogP contribution < -0.4 is 10.4 Å². The van der Waals surface area contributed by atoms with Crippen molar-refractivity contribution in [2.45, 2.75) is 64.2 Å². The first-order valence-corrected chi connectivity index (χ1v) is 14.2. The number of ether oxygens (including phenoxy) is 1. The van der Waals surface area contributed by atoms with Gasteiger partial charge in [-0.3, -0.25) is 14.5 Å². The molecule has 2 atom stereocenters. The Morgan fingerprint density at radius 3 is 2.58 bits per heavy atom. The van der Waals surface area contributed by atoms with Gasteiger partial charge in [0, 0.05) is 29.8 Å². The average molecular weight is 473 g/mol. The van der Waals surface area contributed by atoms with Crippen molar-refractivity contribution in [2.24, 2.45) is 0 Å². The molecule has 6 nitrogen and oxygen atoms in total. The predicted octanol–water partition coefficient (Wildman–Crippen LogP) is 4.23. The molecule has 174 valence electrons. The number of fused-ring (bicyclic) bond motifs is 6. The fraction of sp³-hybridized carbons (Fsp3) is 0.417. The number of carboxylic acids is 1. The number of hydrogen-bond donors (Lipinski definition) is 1. The van der Waals surface area contributed by atoms with E-state index in [1.165, 1.54) is 12.3 Å². The maximum Gasteiger partial charge on any atom is 0.345 e. The SMILES string of the molecule is CC1(C)CC(OC(F)F)C2c3cc(C#C[Si](C)(C)C)ccc3-c3cc(=O)c(C(=O)O)cn3N21. The monoisotopic (exact) mass is 472 g/mol. The Kier molecular flexibility index (Phi) is 5.50. The summed E-state index contributed by atoms with van der Waals surface area (Å²) in [5.41, 5.74) is 4.34. The van der Waals surface area contributed by atoms with Gasteiger partial charge in [0.05, 0.1) is 23.4 Å². The molecule has 1 fully saturated rings.